The van der Waals surface area contributed by atoms with Gasteiger partial charge in [-0.15, -0.1) is 0 Å². The van der Waals surface area contributed by atoms with Gasteiger partial charge in [-0.3, -0.25) is 14.6 Å². The number of amides is 1. The van der Waals surface area contributed by atoms with Crippen LogP contribution in [-0.4, -0.2) is 52.8 Å². The van der Waals surface area contributed by atoms with E-state index in [0.29, 0.717) is 26.3 Å². The molecule has 0 aliphatic carbocycles. The van der Waals surface area contributed by atoms with E-state index in [1.54, 1.807) is 30.7 Å². The predicted molar refractivity (Wildman–Crippen MR) is 107 cm³/mol. The van der Waals surface area contributed by atoms with Crippen molar-refractivity contribution in [1.29, 1.82) is 0 Å². The SMILES string of the molecule is O=C(Cn1ccccc1=O)N1CCC2OCCCC2(COCc2ccncc2)C1. The van der Waals surface area contributed by atoms with E-state index in [-0.39, 0.29) is 29.5 Å². The van der Waals surface area contributed by atoms with Crippen LogP contribution in [0.5, 0.6) is 0 Å². The smallest absolute Gasteiger partial charge is 0.250 e. The molecule has 2 aromatic heterocycles. The fourth-order valence-corrected chi connectivity index (χ4v) is 4.40. The van der Waals surface area contributed by atoms with Gasteiger partial charge in [-0.05, 0) is 43.0 Å². The molecule has 2 unspecified atom stereocenters. The van der Waals surface area contributed by atoms with Crippen LogP contribution in [0.1, 0.15) is 24.8 Å². The van der Waals surface area contributed by atoms with E-state index < -0.39 is 0 Å². The number of fused-ring (bicyclic) bond motifs is 1. The molecule has 0 saturated carbocycles. The van der Waals surface area contributed by atoms with Gasteiger partial charge >= 0.3 is 0 Å². The number of pyridine rings is 2. The zero-order valence-electron chi connectivity index (χ0n) is 16.5. The molecule has 1 amide bonds. The van der Waals surface area contributed by atoms with Crippen LogP contribution in [0.25, 0.3) is 0 Å². The van der Waals surface area contributed by atoms with Crippen LogP contribution in [0.4, 0.5) is 0 Å². The van der Waals surface area contributed by atoms with Crippen molar-refractivity contribution in [2.24, 2.45) is 5.41 Å². The van der Waals surface area contributed by atoms with E-state index in [9.17, 15) is 9.59 Å². The summed E-state index contributed by atoms with van der Waals surface area (Å²) in [5.74, 6) is -0.0316. The standard InChI is InChI=1S/C22H27N3O4/c26-20-4-1-2-11-24(20)14-21(27)25-12-7-19-22(16-25,8-3-13-29-19)17-28-15-18-5-9-23-10-6-18/h1-2,4-6,9-11,19H,3,7-8,12-17H2. The zero-order valence-corrected chi connectivity index (χ0v) is 16.5. The first-order valence-corrected chi connectivity index (χ1v) is 10.2. The van der Waals surface area contributed by atoms with Gasteiger partial charge in [-0.25, -0.2) is 0 Å². The minimum atomic E-state index is -0.194. The third-order valence-electron chi connectivity index (χ3n) is 5.95. The van der Waals surface area contributed by atoms with Crippen molar-refractivity contribution < 1.29 is 14.3 Å². The van der Waals surface area contributed by atoms with Crippen LogP contribution < -0.4 is 5.56 Å². The van der Waals surface area contributed by atoms with Gasteiger partial charge in [0.2, 0.25) is 5.91 Å². The summed E-state index contributed by atoms with van der Waals surface area (Å²) in [5.41, 5.74) is 0.727. The van der Waals surface area contributed by atoms with E-state index in [1.165, 1.54) is 10.6 Å². The summed E-state index contributed by atoms with van der Waals surface area (Å²) >= 11 is 0. The molecule has 154 valence electrons. The maximum atomic E-state index is 12.9. The first kappa shape index (κ1) is 19.8. The van der Waals surface area contributed by atoms with Crippen LogP contribution in [0.15, 0.2) is 53.7 Å². The van der Waals surface area contributed by atoms with Gasteiger partial charge in [0.1, 0.15) is 6.54 Å². The average molecular weight is 397 g/mol. The highest BCUT2D eigenvalue weighted by Gasteiger charge is 2.47. The Morgan fingerprint density at radius 2 is 2.14 bits per heavy atom. The van der Waals surface area contributed by atoms with E-state index >= 15 is 0 Å². The Labute approximate surface area is 170 Å². The zero-order chi connectivity index (χ0) is 20.1. The van der Waals surface area contributed by atoms with Crippen molar-refractivity contribution >= 4 is 5.91 Å². The van der Waals surface area contributed by atoms with Crippen LogP contribution >= 0.6 is 0 Å². The predicted octanol–water partition coefficient (Wildman–Crippen LogP) is 1.86. The van der Waals surface area contributed by atoms with Crippen LogP contribution in [0.3, 0.4) is 0 Å². The molecule has 2 aromatic rings. The number of hydrogen-bond donors (Lipinski definition) is 0. The molecule has 29 heavy (non-hydrogen) atoms. The Hall–Kier alpha value is -2.51. The lowest BCUT2D eigenvalue weighted by molar-refractivity contribution is -0.166. The Morgan fingerprint density at radius 3 is 2.97 bits per heavy atom. The van der Waals surface area contributed by atoms with Crippen LogP contribution in [0.2, 0.25) is 0 Å². The molecule has 7 heteroatoms. The van der Waals surface area contributed by atoms with Gasteiger partial charge in [0, 0.05) is 49.8 Å². The number of aromatic nitrogens is 2. The number of hydrogen-bond acceptors (Lipinski definition) is 5. The van der Waals surface area contributed by atoms with Crippen molar-refractivity contribution in [1.82, 2.24) is 14.5 Å². The molecule has 2 atom stereocenters. The molecule has 4 rings (SSSR count). The molecule has 0 spiro atoms. The number of carbonyl (C=O) groups excluding carboxylic acids is 1. The largest absolute Gasteiger partial charge is 0.377 e. The van der Waals surface area contributed by atoms with Crippen molar-refractivity contribution in [3.63, 3.8) is 0 Å². The Morgan fingerprint density at radius 1 is 1.28 bits per heavy atom. The molecule has 7 nitrogen and oxygen atoms in total. The third-order valence-corrected chi connectivity index (χ3v) is 5.95. The first-order chi connectivity index (χ1) is 14.2. The lowest BCUT2D eigenvalue weighted by Crippen LogP contribution is -2.58. The highest BCUT2D eigenvalue weighted by molar-refractivity contribution is 5.76. The first-order valence-electron chi connectivity index (χ1n) is 10.2. The van der Waals surface area contributed by atoms with E-state index in [2.05, 4.69) is 4.98 Å². The maximum absolute atomic E-state index is 12.9. The lowest BCUT2D eigenvalue weighted by Gasteiger charge is -2.50. The highest BCUT2D eigenvalue weighted by Crippen LogP contribution is 2.40. The Kier molecular flexibility index (Phi) is 6.06. The molecule has 0 radical (unpaired) electrons. The Bertz CT molecular complexity index is 885. The van der Waals surface area contributed by atoms with Gasteiger partial charge in [0.25, 0.3) is 5.56 Å². The van der Waals surface area contributed by atoms with Crippen molar-refractivity contribution in [2.75, 3.05) is 26.3 Å². The molecule has 2 fully saturated rings. The van der Waals surface area contributed by atoms with Crippen molar-refractivity contribution in [3.05, 3.63) is 64.8 Å². The third kappa shape index (κ3) is 4.57. The highest BCUT2D eigenvalue weighted by atomic mass is 16.5. The molecule has 4 heterocycles. The topological polar surface area (TPSA) is 73.7 Å². The molecule has 2 aliphatic heterocycles. The molecule has 0 aromatic carbocycles. The minimum absolute atomic E-state index is 0.0316. The van der Waals surface area contributed by atoms with Gasteiger partial charge < -0.3 is 18.9 Å². The minimum Gasteiger partial charge on any atom is -0.377 e. The van der Waals surface area contributed by atoms with Gasteiger partial charge in [0.05, 0.1) is 19.3 Å². The number of ether oxygens (including phenoxy) is 2. The van der Waals surface area contributed by atoms with Crippen LogP contribution in [0, 0.1) is 5.41 Å². The van der Waals surface area contributed by atoms with E-state index in [1.807, 2.05) is 17.0 Å². The molecule has 0 bridgehead atoms. The van der Waals surface area contributed by atoms with Crippen molar-refractivity contribution in [3.8, 4) is 0 Å². The summed E-state index contributed by atoms with van der Waals surface area (Å²) in [6, 6.07) is 8.82. The summed E-state index contributed by atoms with van der Waals surface area (Å²) in [6.45, 7) is 3.16. The monoisotopic (exact) mass is 397 g/mol. The lowest BCUT2D eigenvalue weighted by atomic mass is 9.73. The normalized spacial score (nSPS) is 24.1. The number of piperidine rings is 1. The summed E-state index contributed by atoms with van der Waals surface area (Å²) < 4.78 is 13.6. The molecular weight excluding hydrogens is 370 g/mol. The average Bonchev–Trinajstić information content (AvgIpc) is 2.75. The van der Waals surface area contributed by atoms with Gasteiger partial charge in [-0.1, -0.05) is 6.07 Å². The maximum Gasteiger partial charge on any atom is 0.250 e. The fraction of sp³-hybridized carbons (Fsp3) is 0.500. The Balaban J connectivity index is 1.43. The summed E-state index contributed by atoms with van der Waals surface area (Å²) in [7, 11) is 0. The second-order valence-electron chi connectivity index (χ2n) is 7.94. The van der Waals surface area contributed by atoms with E-state index in [4.69, 9.17) is 9.47 Å². The van der Waals surface area contributed by atoms with E-state index in [0.717, 1.165) is 31.4 Å². The summed E-state index contributed by atoms with van der Waals surface area (Å²) in [4.78, 5) is 30.8. The summed E-state index contributed by atoms with van der Waals surface area (Å²) in [5, 5.41) is 0. The number of rotatable bonds is 6. The number of carbonyl (C=O) groups is 1. The molecule has 2 saturated heterocycles. The number of likely N-dealkylation sites (tertiary alicyclic amines) is 1. The molecule has 2 aliphatic rings. The van der Waals surface area contributed by atoms with Crippen molar-refractivity contribution in [2.45, 2.75) is 38.5 Å². The van der Waals surface area contributed by atoms with Gasteiger partial charge in [-0.2, -0.15) is 0 Å². The molecular formula is C22H27N3O4. The van der Waals surface area contributed by atoms with Gasteiger partial charge in [0.15, 0.2) is 0 Å². The molecule has 0 N–H and O–H groups in total. The fourth-order valence-electron chi connectivity index (χ4n) is 4.40. The number of nitrogens with zero attached hydrogens (tertiary/aromatic N) is 3. The second-order valence-corrected chi connectivity index (χ2v) is 7.94. The summed E-state index contributed by atoms with van der Waals surface area (Å²) in [6.07, 6.45) is 8.03. The second kappa shape index (κ2) is 8.88. The quantitative estimate of drug-likeness (QED) is 0.744. The van der Waals surface area contributed by atoms with Crippen LogP contribution in [-0.2, 0) is 27.4 Å².